The maximum atomic E-state index is 13.3. The number of hydrogen-bond acceptors (Lipinski definition) is 3. The van der Waals surface area contributed by atoms with Crippen molar-refractivity contribution in [3.05, 3.63) is 102 Å². The SMILES string of the molecule is CCOC(=O)c1c(-c2ccc(C)c(C)c2)c2ccccc2n1CCCOc1cccc2ccccc12. The molecule has 0 spiro atoms. The Balaban J connectivity index is 1.49. The van der Waals surface area contributed by atoms with Crippen LogP contribution < -0.4 is 4.74 Å². The number of hydrogen-bond donors (Lipinski definition) is 0. The van der Waals surface area contributed by atoms with Crippen LogP contribution in [0.25, 0.3) is 32.8 Å². The van der Waals surface area contributed by atoms with Gasteiger partial charge in [-0.05, 0) is 61.4 Å². The molecule has 0 unspecified atom stereocenters. The van der Waals surface area contributed by atoms with E-state index in [0.717, 1.165) is 45.0 Å². The molecule has 1 heterocycles. The first-order chi connectivity index (χ1) is 17.6. The average Bonchev–Trinajstić information content (AvgIpc) is 3.23. The van der Waals surface area contributed by atoms with Crippen LogP contribution >= 0.6 is 0 Å². The van der Waals surface area contributed by atoms with E-state index in [4.69, 9.17) is 9.47 Å². The van der Waals surface area contributed by atoms with E-state index >= 15 is 0 Å². The number of fused-ring (bicyclic) bond motifs is 2. The molecule has 0 aliphatic heterocycles. The largest absolute Gasteiger partial charge is 0.493 e. The number of rotatable bonds is 8. The lowest BCUT2D eigenvalue weighted by atomic mass is 9.98. The number of nitrogens with zero attached hydrogens (tertiary/aromatic N) is 1. The number of esters is 1. The van der Waals surface area contributed by atoms with Crippen LogP contribution in [0.5, 0.6) is 5.75 Å². The van der Waals surface area contributed by atoms with Crippen LogP contribution in [0, 0.1) is 13.8 Å². The number of benzene rings is 4. The van der Waals surface area contributed by atoms with E-state index in [1.807, 2.05) is 43.3 Å². The highest BCUT2D eigenvalue weighted by molar-refractivity contribution is 6.08. The second-order valence-corrected chi connectivity index (χ2v) is 9.09. The number of carbonyl (C=O) groups is 1. The Labute approximate surface area is 212 Å². The van der Waals surface area contributed by atoms with Gasteiger partial charge in [-0.25, -0.2) is 4.79 Å². The predicted molar refractivity (Wildman–Crippen MR) is 147 cm³/mol. The van der Waals surface area contributed by atoms with Gasteiger partial charge in [-0.1, -0.05) is 72.8 Å². The van der Waals surface area contributed by atoms with Crippen molar-refractivity contribution in [2.75, 3.05) is 13.2 Å². The third-order valence-corrected chi connectivity index (χ3v) is 6.77. The molecule has 5 rings (SSSR count). The fourth-order valence-electron chi connectivity index (χ4n) is 4.86. The number of aryl methyl sites for hydroxylation is 3. The molecule has 0 saturated heterocycles. The van der Waals surface area contributed by atoms with Crippen molar-refractivity contribution in [3.8, 4) is 16.9 Å². The average molecular weight is 478 g/mol. The van der Waals surface area contributed by atoms with E-state index in [9.17, 15) is 4.79 Å². The van der Waals surface area contributed by atoms with Crippen LogP contribution in [0.4, 0.5) is 0 Å². The molecule has 4 heteroatoms. The van der Waals surface area contributed by atoms with Gasteiger partial charge in [0.25, 0.3) is 0 Å². The van der Waals surface area contributed by atoms with Gasteiger partial charge in [-0.3, -0.25) is 0 Å². The lowest BCUT2D eigenvalue weighted by Crippen LogP contribution is -2.15. The van der Waals surface area contributed by atoms with Crippen molar-refractivity contribution in [3.63, 3.8) is 0 Å². The molecule has 0 aliphatic rings. The quantitative estimate of drug-likeness (QED) is 0.170. The third-order valence-electron chi connectivity index (χ3n) is 6.77. The maximum Gasteiger partial charge on any atom is 0.355 e. The van der Waals surface area contributed by atoms with Crippen molar-refractivity contribution in [1.82, 2.24) is 4.57 Å². The summed E-state index contributed by atoms with van der Waals surface area (Å²) in [7, 11) is 0. The fraction of sp³-hybridized carbons (Fsp3) is 0.219. The number of ether oxygens (including phenoxy) is 2. The summed E-state index contributed by atoms with van der Waals surface area (Å²) in [5, 5.41) is 3.32. The molecule has 0 bridgehead atoms. The standard InChI is InChI=1S/C32H31NO3/c1-4-35-32(34)31-30(25-18-17-22(2)23(3)21-25)27-14-7-8-15-28(27)33(31)19-10-20-36-29-16-9-12-24-11-5-6-13-26(24)29/h5-9,11-18,21H,4,10,19-20H2,1-3H3. The Morgan fingerprint density at radius 3 is 2.39 bits per heavy atom. The lowest BCUT2D eigenvalue weighted by molar-refractivity contribution is 0.0515. The highest BCUT2D eigenvalue weighted by Crippen LogP contribution is 2.36. The van der Waals surface area contributed by atoms with Crippen molar-refractivity contribution >= 4 is 27.6 Å². The van der Waals surface area contributed by atoms with Gasteiger partial charge in [-0.2, -0.15) is 0 Å². The molecule has 182 valence electrons. The summed E-state index contributed by atoms with van der Waals surface area (Å²) in [5.41, 5.74) is 6.02. The number of aromatic nitrogens is 1. The molecular formula is C32H31NO3. The summed E-state index contributed by atoms with van der Waals surface area (Å²) >= 11 is 0. The van der Waals surface area contributed by atoms with E-state index in [0.29, 0.717) is 25.5 Å². The van der Waals surface area contributed by atoms with Crippen molar-refractivity contribution in [2.24, 2.45) is 0 Å². The number of carbonyl (C=O) groups excluding carboxylic acids is 1. The molecule has 0 atom stereocenters. The van der Waals surface area contributed by atoms with E-state index in [2.05, 4.69) is 66.9 Å². The number of para-hydroxylation sites is 1. The summed E-state index contributed by atoms with van der Waals surface area (Å²) < 4.78 is 13.8. The second kappa shape index (κ2) is 10.3. The Morgan fingerprint density at radius 1 is 0.833 bits per heavy atom. The molecule has 0 radical (unpaired) electrons. The molecule has 4 nitrogen and oxygen atoms in total. The monoisotopic (exact) mass is 477 g/mol. The van der Waals surface area contributed by atoms with Crippen LogP contribution in [0.2, 0.25) is 0 Å². The van der Waals surface area contributed by atoms with Gasteiger partial charge >= 0.3 is 5.97 Å². The lowest BCUT2D eigenvalue weighted by Gasteiger charge is -2.13. The van der Waals surface area contributed by atoms with Gasteiger partial charge in [0.05, 0.1) is 13.2 Å². The molecule has 5 aromatic rings. The first kappa shape index (κ1) is 23.7. The van der Waals surface area contributed by atoms with Crippen molar-refractivity contribution < 1.29 is 14.3 Å². The zero-order chi connectivity index (χ0) is 25.1. The molecule has 36 heavy (non-hydrogen) atoms. The predicted octanol–water partition coefficient (Wildman–Crippen LogP) is 7.72. The minimum absolute atomic E-state index is 0.295. The van der Waals surface area contributed by atoms with E-state index in [-0.39, 0.29) is 5.97 Å². The van der Waals surface area contributed by atoms with Gasteiger partial charge in [0.1, 0.15) is 11.4 Å². The molecule has 0 amide bonds. The summed E-state index contributed by atoms with van der Waals surface area (Å²) in [6.45, 7) is 7.57. The first-order valence-corrected chi connectivity index (χ1v) is 12.5. The normalized spacial score (nSPS) is 11.2. The second-order valence-electron chi connectivity index (χ2n) is 9.09. The molecule has 0 N–H and O–H groups in total. The molecule has 4 aromatic carbocycles. The van der Waals surface area contributed by atoms with Gasteiger partial charge in [0, 0.05) is 28.4 Å². The minimum Gasteiger partial charge on any atom is -0.493 e. The van der Waals surface area contributed by atoms with Gasteiger partial charge in [0.2, 0.25) is 0 Å². The maximum absolute atomic E-state index is 13.3. The van der Waals surface area contributed by atoms with Gasteiger partial charge in [-0.15, -0.1) is 0 Å². The van der Waals surface area contributed by atoms with Gasteiger partial charge < -0.3 is 14.0 Å². The zero-order valence-corrected chi connectivity index (χ0v) is 21.1. The highest BCUT2D eigenvalue weighted by atomic mass is 16.5. The molecule has 0 saturated carbocycles. The topological polar surface area (TPSA) is 40.5 Å². The summed E-state index contributed by atoms with van der Waals surface area (Å²) in [6, 6.07) is 28.9. The van der Waals surface area contributed by atoms with Crippen molar-refractivity contribution in [2.45, 2.75) is 33.7 Å². The van der Waals surface area contributed by atoms with E-state index < -0.39 is 0 Å². The Hall–Kier alpha value is -4.05. The molecule has 0 fully saturated rings. The van der Waals surface area contributed by atoms with E-state index in [1.165, 1.54) is 11.1 Å². The Kier molecular flexibility index (Phi) is 6.77. The van der Waals surface area contributed by atoms with Crippen LogP contribution in [-0.4, -0.2) is 23.8 Å². The highest BCUT2D eigenvalue weighted by Gasteiger charge is 2.25. The Morgan fingerprint density at radius 2 is 1.58 bits per heavy atom. The molecule has 1 aromatic heterocycles. The Bertz CT molecular complexity index is 1540. The first-order valence-electron chi connectivity index (χ1n) is 12.5. The summed E-state index contributed by atoms with van der Waals surface area (Å²) in [4.78, 5) is 13.3. The van der Waals surface area contributed by atoms with E-state index in [1.54, 1.807) is 0 Å². The van der Waals surface area contributed by atoms with Crippen LogP contribution in [0.15, 0.2) is 84.9 Å². The molecule has 0 aliphatic carbocycles. The zero-order valence-electron chi connectivity index (χ0n) is 21.1. The van der Waals surface area contributed by atoms with Crippen LogP contribution in [0.1, 0.15) is 35.0 Å². The fourth-order valence-corrected chi connectivity index (χ4v) is 4.86. The minimum atomic E-state index is -0.295. The van der Waals surface area contributed by atoms with Crippen LogP contribution in [-0.2, 0) is 11.3 Å². The summed E-state index contributed by atoms with van der Waals surface area (Å²) in [6.07, 6.45) is 0.751. The third kappa shape index (κ3) is 4.47. The summed E-state index contributed by atoms with van der Waals surface area (Å²) in [5.74, 6) is 0.587. The van der Waals surface area contributed by atoms with Gasteiger partial charge in [0.15, 0.2) is 0 Å². The smallest absolute Gasteiger partial charge is 0.355 e. The van der Waals surface area contributed by atoms with Crippen LogP contribution in [0.3, 0.4) is 0 Å². The molecular weight excluding hydrogens is 446 g/mol. The van der Waals surface area contributed by atoms with Crippen molar-refractivity contribution in [1.29, 1.82) is 0 Å².